The lowest BCUT2D eigenvalue weighted by molar-refractivity contribution is 0.0697. The van der Waals surface area contributed by atoms with E-state index in [-0.39, 0.29) is 17.0 Å². The van der Waals surface area contributed by atoms with Gasteiger partial charge in [0.1, 0.15) is 5.69 Å². The fourth-order valence-corrected chi connectivity index (χ4v) is 2.04. The molecule has 0 radical (unpaired) electrons. The lowest BCUT2D eigenvalue weighted by atomic mass is 9.99. The van der Waals surface area contributed by atoms with Crippen molar-refractivity contribution in [2.75, 3.05) is 0 Å². The van der Waals surface area contributed by atoms with Crippen molar-refractivity contribution >= 4 is 23.4 Å². The molecule has 5 nitrogen and oxygen atoms in total. The minimum atomic E-state index is -1.08. The van der Waals surface area contributed by atoms with E-state index in [1.807, 2.05) is 0 Å². The predicted octanol–water partition coefficient (Wildman–Crippen LogP) is 2.64. The molecule has 0 aliphatic rings. The van der Waals surface area contributed by atoms with E-state index in [0.29, 0.717) is 16.1 Å². The van der Waals surface area contributed by atoms with Gasteiger partial charge in [0.2, 0.25) is 0 Å². The number of ketones is 1. The van der Waals surface area contributed by atoms with Gasteiger partial charge in [-0.25, -0.2) is 4.79 Å². The first kappa shape index (κ1) is 13.3. The summed E-state index contributed by atoms with van der Waals surface area (Å²) < 4.78 is 1.47. The normalized spacial score (nSPS) is 10.5. The molecule has 0 aliphatic carbocycles. The monoisotopic (exact) mass is 278 g/mol. The molecule has 0 unspecified atom stereocenters. The number of hydrogen-bond donors (Lipinski definition) is 1. The van der Waals surface area contributed by atoms with Gasteiger partial charge in [-0.15, -0.1) is 0 Å². The van der Waals surface area contributed by atoms with Gasteiger partial charge in [0.15, 0.2) is 5.78 Å². The summed E-state index contributed by atoms with van der Waals surface area (Å²) in [4.78, 5) is 22.8. The molecule has 98 valence electrons. The van der Waals surface area contributed by atoms with Crippen LogP contribution in [0.15, 0.2) is 24.4 Å². The van der Waals surface area contributed by atoms with Gasteiger partial charge >= 0.3 is 5.97 Å². The Morgan fingerprint density at radius 1 is 1.32 bits per heavy atom. The molecule has 0 atom stereocenters. The highest BCUT2D eigenvalue weighted by Crippen LogP contribution is 2.29. The number of aromatic nitrogens is 2. The standard InChI is InChI=1S/C13H11ClN2O3/c1-7(17)12-11(6-16(2)15-12)10-5-8(14)3-4-9(10)13(18)19/h3-6H,1-2H3,(H,18,19). The third-order valence-corrected chi connectivity index (χ3v) is 2.90. The van der Waals surface area contributed by atoms with Crippen molar-refractivity contribution in [2.24, 2.45) is 7.05 Å². The Kier molecular flexibility index (Phi) is 3.40. The number of aryl methyl sites for hydroxylation is 1. The zero-order valence-corrected chi connectivity index (χ0v) is 11.1. The summed E-state index contributed by atoms with van der Waals surface area (Å²) >= 11 is 5.91. The Bertz CT molecular complexity index is 677. The summed E-state index contributed by atoms with van der Waals surface area (Å²) in [6, 6.07) is 4.43. The van der Waals surface area contributed by atoms with Crippen LogP contribution in [0.3, 0.4) is 0 Å². The van der Waals surface area contributed by atoms with Gasteiger partial charge in [-0.2, -0.15) is 5.10 Å². The van der Waals surface area contributed by atoms with Gasteiger partial charge in [0, 0.05) is 36.3 Å². The number of Topliss-reactive ketones (excluding diaryl/α,β-unsaturated/α-hetero) is 1. The van der Waals surface area contributed by atoms with E-state index in [1.54, 1.807) is 13.2 Å². The lowest BCUT2D eigenvalue weighted by Gasteiger charge is -2.05. The van der Waals surface area contributed by atoms with Crippen molar-refractivity contribution in [2.45, 2.75) is 6.92 Å². The molecule has 2 aromatic rings. The Labute approximate surface area is 114 Å². The van der Waals surface area contributed by atoms with Crippen LogP contribution in [-0.4, -0.2) is 26.6 Å². The van der Waals surface area contributed by atoms with Crippen LogP contribution in [-0.2, 0) is 7.05 Å². The van der Waals surface area contributed by atoms with Gasteiger partial charge in [-0.3, -0.25) is 9.48 Å². The maximum atomic E-state index is 11.6. The summed E-state index contributed by atoms with van der Waals surface area (Å²) in [5.41, 5.74) is 1.17. The molecule has 0 aliphatic heterocycles. The quantitative estimate of drug-likeness (QED) is 0.876. The minimum Gasteiger partial charge on any atom is -0.478 e. The highest BCUT2D eigenvalue weighted by molar-refractivity contribution is 6.31. The van der Waals surface area contributed by atoms with Crippen molar-refractivity contribution < 1.29 is 14.7 Å². The molecular formula is C13H11ClN2O3. The van der Waals surface area contributed by atoms with Crippen molar-refractivity contribution in [1.82, 2.24) is 9.78 Å². The molecule has 6 heteroatoms. The summed E-state index contributed by atoms with van der Waals surface area (Å²) in [5, 5.41) is 13.6. The molecule has 0 saturated carbocycles. The van der Waals surface area contributed by atoms with Gasteiger partial charge < -0.3 is 5.11 Å². The second kappa shape index (κ2) is 4.85. The van der Waals surface area contributed by atoms with Gasteiger partial charge in [0.05, 0.1) is 5.56 Å². The largest absolute Gasteiger partial charge is 0.478 e. The Hall–Kier alpha value is -2.14. The van der Waals surface area contributed by atoms with Crippen LogP contribution < -0.4 is 0 Å². The number of nitrogens with zero attached hydrogens (tertiary/aromatic N) is 2. The van der Waals surface area contributed by atoms with Gasteiger partial charge in [-0.05, 0) is 18.2 Å². The molecule has 0 bridgehead atoms. The van der Waals surface area contributed by atoms with Crippen LogP contribution >= 0.6 is 11.6 Å². The molecule has 0 fully saturated rings. The van der Waals surface area contributed by atoms with Crippen molar-refractivity contribution in [1.29, 1.82) is 0 Å². The third-order valence-electron chi connectivity index (χ3n) is 2.66. The van der Waals surface area contributed by atoms with Crippen LogP contribution in [0, 0.1) is 0 Å². The Morgan fingerprint density at radius 2 is 2.00 bits per heavy atom. The topological polar surface area (TPSA) is 72.2 Å². The number of rotatable bonds is 3. The number of carboxylic acid groups (broad SMARTS) is 1. The second-order valence-corrected chi connectivity index (χ2v) is 4.55. The molecule has 19 heavy (non-hydrogen) atoms. The summed E-state index contributed by atoms with van der Waals surface area (Å²) in [6.45, 7) is 1.39. The fraction of sp³-hybridized carbons (Fsp3) is 0.154. The first-order valence-corrected chi connectivity index (χ1v) is 5.85. The molecule has 1 aromatic heterocycles. The van der Waals surface area contributed by atoms with Gasteiger partial charge in [0.25, 0.3) is 0 Å². The lowest BCUT2D eigenvalue weighted by Crippen LogP contribution is -2.02. The number of aromatic carboxylic acids is 1. The van der Waals surface area contributed by atoms with Crippen LogP contribution in [0.4, 0.5) is 0 Å². The highest BCUT2D eigenvalue weighted by atomic mass is 35.5. The summed E-state index contributed by atoms with van der Waals surface area (Å²) in [7, 11) is 1.67. The van der Waals surface area contributed by atoms with E-state index in [0.717, 1.165) is 0 Å². The van der Waals surface area contributed by atoms with Crippen LogP contribution in [0.2, 0.25) is 5.02 Å². The molecule has 1 heterocycles. The van der Waals surface area contributed by atoms with Crippen LogP contribution in [0.25, 0.3) is 11.1 Å². The number of halogens is 1. The molecule has 1 N–H and O–H groups in total. The number of carbonyl (C=O) groups excluding carboxylic acids is 1. The smallest absolute Gasteiger partial charge is 0.336 e. The zero-order valence-electron chi connectivity index (χ0n) is 10.3. The molecule has 1 aromatic carbocycles. The van der Waals surface area contributed by atoms with E-state index >= 15 is 0 Å². The molecule has 0 saturated heterocycles. The number of carboxylic acids is 1. The van der Waals surface area contributed by atoms with E-state index in [1.165, 1.54) is 29.8 Å². The molecule has 2 rings (SSSR count). The second-order valence-electron chi connectivity index (χ2n) is 4.12. The highest BCUT2D eigenvalue weighted by Gasteiger charge is 2.19. The number of hydrogen-bond acceptors (Lipinski definition) is 3. The predicted molar refractivity (Wildman–Crippen MR) is 70.6 cm³/mol. The zero-order chi connectivity index (χ0) is 14.2. The Morgan fingerprint density at radius 3 is 2.58 bits per heavy atom. The maximum Gasteiger partial charge on any atom is 0.336 e. The van der Waals surface area contributed by atoms with Crippen molar-refractivity contribution in [3.05, 3.63) is 40.7 Å². The van der Waals surface area contributed by atoms with Crippen molar-refractivity contribution in [3.63, 3.8) is 0 Å². The van der Waals surface area contributed by atoms with E-state index in [9.17, 15) is 14.7 Å². The molecular weight excluding hydrogens is 268 g/mol. The summed E-state index contributed by atoms with van der Waals surface area (Å²) in [6.07, 6.45) is 1.61. The van der Waals surface area contributed by atoms with E-state index in [2.05, 4.69) is 5.10 Å². The third kappa shape index (κ3) is 2.51. The SMILES string of the molecule is CC(=O)c1nn(C)cc1-c1cc(Cl)ccc1C(=O)O. The van der Waals surface area contributed by atoms with Crippen LogP contribution in [0.1, 0.15) is 27.8 Å². The molecule has 0 spiro atoms. The Balaban J connectivity index is 2.74. The first-order valence-electron chi connectivity index (χ1n) is 5.48. The number of carbonyl (C=O) groups is 2. The number of benzene rings is 1. The minimum absolute atomic E-state index is 0.0832. The first-order chi connectivity index (χ1) is 8.90. The van der Waals surface area contributed by atoms with E-state index in [4.69, 9.17) is 11.6 Å². The van der Waals surface area contributed by atoms with Gasteiger partial charge in [-0.1, -0.05) is 11.6 Å². The maximum absolute atomic E-state index is 11.6. The average Bonchev–Trinajstić information content (AvgIpc) is 2.70. The summed E-state index contributed by atoms with van der Waals surface area (Å²) in [5.74, 6) is -1.31. The fourth-order valence-electron chi connectivity index (χ4n) is 1.87. The van der Waals surface area contributed by atoms with E-state index < -0.39 is 5.97 Å². The average molecular weight is 279 g/mol. The van der Waals surface area contributed by atoms with Crippen molar-refractivity contribution in [3.8, 4) is 11.1 Å². The van der Waals surface area contributed by atoms with Crippen LogP contribution in [0.5, 0.6) is 0 Å². The molecule has 0 amide bonds.